The molecule has 24 heavy (non-hydrogen) atoms. The summed E-state index contributed by atoms with van der Waals surface area (Å²) in [7, 11) is 0. The number of nitrogens with zero attached hydrogens (tertiary/aromatic N) is 4. The van der Waals surface area contributed by atoms with Crippen LogP contribution in [0.2, 0.25) is 0 Å². The Labute approximate surface area is 144 Å². The third kappa shape index (κ3) is 4.09. The van der Waals surface area contributed by atoms with E-state index >= 15 is 0 Å². The summed E-state index contributed by atoms with van der Waals surface area (Å²) >= 11 is 0. The van der Waals surface area contributed by atoms with E-state index in [0.29, 0.717) is 0 Å². The van der Waals surface area contributed by atoms with Crippen LogP contribution in [0.5, 0.6) is 0 Å². The molecule has 1 aliphatic heterocycles. The molecule has 5 heteroatoms. The van der Waals surface area contributed by atoms with E-state index in [1.165, 1.54) is 24.8 Å². The third-order valence-corrected chi connectivity index (χ3v) is 4.71. The molecule has 1 aliphatic rings. The average molecular weight is 325 g/mol. The van der Waals surface area contributed by atoms with Crippen LogP contribution in [0.25, 0.3) is 0 Å². The molecular formula is C19H27N5. The molecule has 2 aromatic rings. The van der Waals surface area contributed by atoms with Gasteiger partial charge in [-0.1, -0.05) is 0 Å². The van der Waals surface area contributed by atoms with Gasteiger partial charge in [0.05, 0.1) is 0 Å². The van der Waals surface area contributed by atoms with E-state index in [1.807, 2.05) is 26.2 Å². The summed E-state index contributed by atoms with van der Waals surface area (Å²) in [5, 5.41) is 3.58. The van der Waals surface area contributed by atoms with Gasteiger partial charge < -0.3 is 10.2 Å². The lowest BCUT2D eigenvalue weighted by atomic mass is 10.1. The monoisotopic (exact) mass is 325 g/mol. The zero-order chi connectivity index (χ0) is 16.9. The van der Waals surface area contributed by atoms with Gasteiger partial charge in [0.2, 0.25) is 0 Å². The molecule has 5 nitrogen and oxygen atoms in total. The van der Waals surface area contributed by atoms with Gasteiger partial charge in [-0.05, 0) is 57.7 Å². The fourth-order valence-electron chi connectivity index (χ4n) is 3.27. The van der Waals surface area contributed by atoms with Gasteiger partial charge in [0, 0.05) is 49.3 Å². The molecule has 0 amide bonds. The molecule has 0 saturated carbocycles. The maximum Gasteiger partial charge on any atom is 0.128 e. The van der Waals surface area contributed by atoms with E-state index in [2.05, 4.69) is 44.2 Å². The van der Waals surface area contributed by atoms with Gasteiger partial charge >= 0.3 is 0 Å². The minimum Gasteiger partial charge on any atom is -0.357 e. The van der Waals surface area contributed by atoms with Crippen LogP contribution in [0.1, 0.15) is 54.9 Å². The van der Waals surface area contributed by atoms with Crippen molar-refractivity contribution in [3.05, 3.63) is 47.2 Å². The minimum absolute atomic E-state index is 0.220. The van der Waals surface area contributed by atoms with E-state index < -0.39 is 0 Å². The second-order valence-electron chi connectivity index (χ2n) is 6.63. The third-order valence-electron chi connectivity index (χ3n) is 4.71. The van der Waals surface area contributed by atoms with Crippen LogP contribution in [0, 0.1) is 13.8 Å². The molecule has 3 rings (SSSR count). The maximum absolute atomic E-state index is 4.55. The number of hydrogen-bond acceptors (Lipinski definition) is 5. The highest BCUT2D eigenvalue weighted by Gasteiger charge is 2.13. The number of aromatic nitrogens is 3. The Kier molecular flexibility index (Phi) is 5.41. The van der Waals surface area contributed by atoms with Gasteiger partial charge in [-0.2, -0.15) is 0 Å². The van der Waals surface area contributed by atoms with Gasteiger partial charge in [-0.25, -0.2) is 15.0 Å². The lowest BCUT2D eigenvalue weighted by Gasteiger charge is -2.28. The first-order valence-electron chi connectivity index (χ1n) is 8.87. The van der Waals surface area contributed by atoms with Crippen molar-refractivity contribution >= 4 is 5.82 Å². The van der Waals surface area contributed by atoms with E-state index in [1.54, 1.807) is 0 Å². The summed E-state index contributed by atoms with van der Waals surface area (Å²) in [5.74, 6) is 1.93. The number of hydrogen-bond donors (Lipinski definition) is 1. The van der Waals surface area contributed by atoms with Gasteiger partial charge in [0.15, 0.2) is 0 Å². The average Bonchev–Trinajstić information content (AvgIpc) is 2.61. The van der Waals surface area contributed by atoms with Crippen LogP contribution in [-0.4, -0.2) is 28.0 Å². The molecule has 0 aliphatic carbocycles. The van der Waals surface area contributed by atoms with Gasteiger partial charge in [0.1, 0.15) is 11.6 Å². The van der Waals surface area contributed by atoms with Crippen molar-refractivity contribution in [3.63, 3.8) is 0 Å². The van der Waals surface area contributed by atoms with Gasteiger partial charge in [0.25, 0.3) is 0 Å². The Morgan fingerprint density at radius 2 is 1.96 bits per heavy atom. The molecular weight excluding hydrogens is 298 g/mol. The molecule has 0 radical (unpaired) electrons. The first-order chi connectivity index (χ1) is 11.6. The lowest BCUT2D eigenvalue weighted by molar-refractivity contribution is 0.562. The van der Waals surface area contributed by atoms with E-state index in [9.17, 15) is 0 Å². The Balaban J connectivity index is 1.63. The molecule has 0 bridgehead atoms. The predicted molar refractivity (Wildman–Crippen MR) is 97.1 cm³/mol. The molecule has 3 heterocycles. The highest BCUT2D eigenvalue weighted by Crippen LogP contribution is 2.19. The van der Waals surface area contributed by atoms with E-state index in [4.69, 9.17) is 0 Å². The molecule has 1 atom stereocenters. The Morgan fingerprint density at radius 1 is 1.17 bits per heavy atom. The van der Waals surface area contributed by atoms with Crippen LogP contribution in [0.3, 0.4) is 0 Å². The Hall–Kier alpha value is -2.01. The van der Waals surface area contributed by atoms with Crippen LogP contribution in [0.4, 0.5) is 5.82 Å². The molecule has 2 aromatic heterocycles. The topological polar surface area (TPSA) is 53.9 Å². The molecule has 128 valence electrons. The summed E-state index contributed by atoms with van der Waals surface area (Å²) in [5.41, 5.74) is 3.47. The summed E-state index contributed by atoms with van der Waals surface area (Å²) in [6.45, 7) is 9.20. The normalized spacial score (nSPS) is 16.2. The number of anilines is 1. The van der Waals surface area contributed by atoms with Crippen molar-refractivity contribution in [2.24, 2.45) is 0 Å². The predicted octanol–water partition coefficient (Wildman–Crippen LogP) is 3.33. The Morgan fingerprint density at radius 3 is 2.71 bits per heavy atom. The lowest BCUT2D eigenvalue weighted by Crippen LogP contribution is -2.30. The summed E-state index contributed by atoms with van der Waals surface area (Å²) in [6, 6.07) is 4.52. The second kappa shape index (κ2) is 7.71. The molecule has 0 spiro atoms. The van der Waals surface area contributed by atoms with Gasteiger partial charge in [-0.15, -0.1) is 0 Å². The molecule has 1 unspecified atom stereocenters. The standard InChI is InChI=1S/C19H27N5/c1-14(18-13-22-16(3)23-15(18)2)21-12-17-7-8-20-19(11-17)24-9-5-4-6-10-24/h7-8,11,13-14,21H,4-6,9-10,12H2,1-3H3. The number of aryl methyl sites for hydroxylation is 2. The fraction of sp³-hybridized carbons (Fsp3) is 0.526. The SMILES string of the molecule is Cc1ncc(C(C)NCc2ccnc(N3CCCCC3)c2)c(C)n1. The van der Waals surface area contributed by atoms with E-state index in [0.717, 1.165) is 42.5 Å². The van der Waals surface area contributed by atoms with Crippen LogP contribution < -0.4 is 10.2 Å². The second-order valence-corrected chi connectivity index (χ2v) is 6.63. The molecule has 1 saturated heterocycles. The summed E-state index contributed by atoms with van der Waals surface area (Å²) in [6.07, 6.45) is 7.74. The number of rotatable bonds is 5. The quantitative estimate of drug-likeness (QED) is 0.914. The zero-order valence-corrected chi connectivity index (χ0v) is 14.9. The van der Waals surface area contributed by atoms with Crippen molar-refractivity contribution in [1.82, 2.24) is 20.3 Å². The van der Waals surface area contributed by atoms with Crippen LogP contribution in [-0.2, 0) is 6.54 Å². The highest BCUT2D eigenvalue weighted by atomic mass is 15.2. The minimum atomic E-state index is 0.220. The van der Waals surface area contributed by atoms with Gasteiger partial charge in [-0.3, -0.25) is 0 Å². The molecule has 1 N–H and O–H groups in total. The Bertz CT molecular complexity index is 679. The fourth-order valence-corrected chi connectivity index (χ4v) is 3.27. The molecule has 1 fully saturated rings. The largest absolute Gasteiger partial charge is 0.357 e. The van der Waals surface area contributed by atoms with Crippen molar-refractivity contribution in [3.8, 4) is 0 Å². The maximum atomic E-state index is 4.55. The van der Waals surface area contributed by atoms with Crippen molar-refractivity contribution in [2.75, 3.05) is 18.0 Å². The van der Waals surface area contributed by atoms with Crippen molar-refractivity contribution in [1.29, 1.82) is 0 Å². The van der Waals surface area contributed by atoms with Crippen LogP contribution >= 0.6 is 0 Å². The van der Waals surface area contributed by atoms with Crippen LogP contribution in [0.15, 0.2) is 24.5 Å². The highest BCUT2D eigenvalue weighted by molar-refractivity contribution is 5.41. The number of piperidine rings is 1. The smallest absolute Gasteiger partial charge is 0.128 e. The van der Waals surface area contributed by atoms with E-state index in [-0.39, 0.29) is 6.04 Å². The number of nitrogens with one attached hydrogen (secondary N) is 1. The summed E-state index contributed by atoms with van der Waals surface area (Å²) in [4.78, 5) is 15.7. The number of pyridine rings is 1. The summed E-state index contributed by atoms with van der Waals surface area (Å²) < 4.78 is 0. The molecule has 0 aromatic carbocycles. The zero-order valence-electron chi connectivity index (χ0n) is 14.9. The first-order valence-corrected chi connectivity index (χ1v) is 8.87. The van der Waals surface area contributed by atoms with Crippen molar-refractivity contribution in [2.45, 2.75) is 52.6 Å². The first kappa shape index (κ1) is 16.8. The van der Waals surface area contributed by atoms with Crippen molar-refractivity contribution < 1.29 is 0 Å².